The largest absolute Gasteiger partial charge is 0.399 e. The van der Waals surface area contributed by atoms with Crippen molar-refractivity contribution in [1.29, 1.82) is 0 Å². The molecule has 4 N–H and O–H groups in total. The van der Waals surface area contributed by atoms with Crippen LogP contribution in [0.5, 0.6) is 0 Å². The van der Waals surface area contributed by atoms with Crippen molar-refractivity contribution in [2.24, 2.45) is 5.92 Å². The maximum atomic E-state index is 12.9. The van der Waals surface area contributed by atoms with E-state index in [-0.39, 0.29) is 11.9 Å². The fourth-order valence-electron chi connectivity index (χ4n) is 4.17. The van der Waals surface area contributed by atoms with Crippen molar-refractivity contribution in [2.75, 3.05) is 24.1 Å². The Morgan fingerprint density at radius 3 is 3.00 bits per heavy atom. The number of imidazole rings is 1. The Morgan fingerprint density at radius 1 is 1.28 bits per heavy atom. The molecule has 5 rings (SSSR count). The van der Waals surface area contributed by atoms with Crippen molar-refractivity contribution in [3.05, 3.63) is 54.7 Å². The van der Waals surface area contributed by atoms with Gasteiger partial charge in [0, 0.05) is 36.6 Å². The van der Waals surface area contributed by atoms with Gasteiger partial charge < -0.3 is 20.9 Å². The van der Waals surface area contributed by atoms with Crippen LogP contribution in [0.2, 0.25) is 0 Å². The summed E-state index contributed by atoms with van der Waals surface area (Å²) in [5.41, 5.74) is 9.95. The molecule has 29 heavy (non-hydrogen) atoms. The van der Waals surface area contributed by atoms with Gasteiger partial charge in [-0.2, -0.15) is 0 Å². The van der Waals surface area contributed by atoms with Crippen LogP contribution < -0.4 is 11.1 Å². The molecule has 2 amide bonds. The lowest BCUT2D eigenvalue weighted by Gasteiger charge is -2.36. The van der Waals surface area contributed by atoms with Crippen LogP contribution >= 0.6 is 0 Å². The van der Waals surface area contributed by atoms with Crippen LogP contribution in [0.3, 0.4) is 0 Å². The SMILES string of the molecule is C[C@@H]1CCN(C(=O)Nc2cccc(N)c2)C[C@@H]1c1ncc2cnc3[nH]ccc3n12. The van der Waals surface area contributed by atoms with E-state index in [0.717, 1.165) is 35.5 Å². The Morgan fingerprint density at radius 2 is 2.14 bits per heavy atom. The number of hydrogen-bond acceptors (Lipinski definition) is 4. The van der Waals surface area contributed by atoms with Gasteiger partial charge in [0.05, 0.1) is 23.4 Å². The normalized spacial score (nSPS) is 19.7. The van der Waals surface area contributed by atoms with Crippen LogP contribution in [0.4, 0.5) is 16.2 Å². The molecular weight excluding hydrogens is 366 g/mol. The van der Waals surface area contributed by atoms with E-state index >= 15 is 0 Å². The van der Waals surface area contributed by atoms with Gasteiger partial charge in [-0.15, -0.1) is 0 Å². The highest BCUT2D eigenvalue weighted by atomic mass is 16.2. The van der Waals surface area contributed by atoms with Crippen molar-refractivity contribution >= 4 is 34.1 Å². The summed E-state index contributed by atoms with van der Waals surface area (Å²) in [7, 11) is 0. The smallest absolute Gasteiger partial charge is 0.321 e. The number of nitrogen functional groups attached to an aromatic ring is 1. The number of amides is 2. The van der Waals surface area contributed by atoms with Crippen molar-refractivity contribution in [2.45, 2.75) is 19.3 Å². The molecule has 4 heterocycles. The lowest BCUT2D eigenvalue weighted by molar-refractivity contribution is 0.170. The van der Waals surface area contributed by atoms with E-state index in [1.807, 2.05) is 41.7 Å². The number of aromatic nitrogens is 4. The molecule has 0 unspecified atom stereocenters. The monoisotopic (exact) mass is 389 g/mol. The van der Waals surface area contributed by atoms with E-state index in [1.54, 1.807) is 12.1 Å². The number of carbonyl (C=O) groups is 1. The van der Waals surface area contributed by atoms with Gasteiger partial charge >= 0.3 is 6.03 Å². The van der Waals surface area contributed by atoms with Crippen molar-refractivity contribution in [3.8, 4) is 0 Å². The fraction of sp³-hybridized carbons (Fsp3) is 0.286. The third-order valence-corrected chi connectivity index (χ3v) is 5.80. The molecule has 0 aliphatic carbocycles. The topological polar surface area (TPSA) is 104 Å². The van der Waals surface area contributed by atoms with Crippen LogP contribution in [0.25, 0.3) is 16.7 Å². The van der Waals surface area contributed by atoms with Gasteiger partial charge in [0.25, 0.3) is 0 Å². The van der Waals surface area contributed by atoms with E-state index in [2.05, 4.69) is 26.6 Å². The van der Waals surface area contributed by atoms with Crippen LogP contribution in [-0.2, 0) is 0 Å². The molecule has 8 heteroatoms. The van der Waals surface area contributed by atoms with Gasteiger partial charge in [0.15, 0.2) is 5.65 Å². The summed E-state index contributed by atoms with van der Waals surface area (Å²) in [5.74, 6) is 1.53. The second-order valence-electron chi connectivity index (χ2n) is 7.72. The number of piperidine rings is 1. The highest BCUT2D eigenvalue weighted by molar-refractivity contribution is 5.90. The minimum atomic E-state index is -0.109. The number of anilines is 2. The number of benzene rings is 1. The second kappa shape index (κ2) is 6.80. The molecule has 0 radical (unpaired) electrons. The van der Waals surface area contributed by atoms with Crippen molar-refractivity contribution in [3.63, 3.8) is 0 Å². The van der Waals surface area contributed by atoms with E-state index < -0.39 is 0 Å². The van der Waals surface area contributed by atoms with Gasteiger partial charge in [0.2, 0.25) is 0 Å². The average Bonchev–Trinajstić information content (AvgIpc) is 3.34. The van der Waals surface area contributed by atoms with E-state index in [1.165, 1.54) is 0 Å². The summed E-state index contributed by atoms with van der Waals surface area (Å²) in [6.07, 6.45) is 6.49. The van der Waals surface area contributed by atoms with E-state index in [0.29, 0.717) is 23.8 Å². The average molecular weight is 389 g/mol. The lowest BCUT2D eigenvalue weighted by Crippen LogP contribution is -2.44. The molecule has 8 nitrogen and oxygen atoms in total. The molecule has 1 saturated heterocycles. The summed E-state index contributed by atoms with van der Waals surface area (Å²) in [4.78, 5) is 27.1. The Kier molecular flexibility index (Phi) is 4.12. The minimum Gasteiger partial charge on any atom is -0.399 e. The van der Waals surface area contributed by atoms with Gasteiger partial charge in [-0.25, -0.2) is 14.8 Å². The number of carbonyl (C=O) groups excluding carboxylic acids is 1. The molecule has 148 valence electrons. The van der Waals surface area contributed by atoms with Crippen LogP contribution in [0.15, 0.2) is 48.9 Å². The zero-order chi connectivity index (χ0) is 20.0. The van der Waals surface area contributed by atoms with Gasteiger partial charge in [0.1, 0.15) is 5.82 Å². The number of likely N-dealkylation sites (tertiary alicyclic amines) is 1. The number of H-pyrrole nitrogens is 1. The van der Waals surface area contributed by atoms with Crippen molar-refractivity contribution in [1.82, 2.24) is 24.3 Å². The van der Waals surface area contributed by atoms with E-state index in [9.17, 15) is 4.79 Å². The first-order valence-electron chi connectivity index (χ1n) is 9.81. The summed E-state index contributed by atoms with van der Waals surface area (Å²) < 4.78 is 2.15. The lowest BCUT2D eigenvalue weighted by atomic mass is 9.86. The number of hydrogen-bond donors (Lipinski definition) is 3. The predicted octanol–water partition coefficient (Wildman–Crippen LogP) is 3.45. The summed E-state index contributed by atoms with van der Waals surface area (Å²) in [6.45, 7) is 3.56. The predicted molar refractivity (Wildman–Crippen MR) is 113 cm³/mol. The number of fused-ring (bicyclic) bond motifs is 3. The third kappa shape index (κ3) is 3.06. The molecule has 0 spiro atoms. The number of aromatic amines is 1. The molecule has 1 aromatic carbocycles. The van der Waals surface area contributed by atoms with Gasteiger partial charge in [-0.05, 0) is 36.6 Å². The van der Waals surface area contributed by atoms with Crippen LogP contribution in [0, 0.1) is 5.92 Å². The number of urea groups is 1. The Balaban J connectivity index is 1.44. The number of nitrogens with two attached hydrogens (primary N) is 1. The van der Waals surface area contributed by atoms with Crippen LogP contribution in [0.1, 0.15) is 25.1 Å². The van der Waals surface area contributed by atoms with Crippen molar-refractivity contribution < 1.29 is 4.79 Å². The van der Waals surface area contributed by atoms with E-state index in [4.69, 9.17) is 10.7 Å². The molecule has 3 aromatic heterocycles. The van der Waals surface area contributed by atoms with Crippen LogP contribution in [-0.4, -0.2) is 43.4 Å². The molecule has 1 fully saturated rings. The minimum absolute atomic E-state index is 0.109. The highest BCUT2D eigenvalue weighted by Crippen LogP contribution is 2.33. The fourth-order valence-corrected chi connectivity index (χ4v) is 4.17. The Hall–Kier alpha value is -3.55. The third-order valence-electron chi connectivity index (χ3n) is 5.80. The van der Waals surface area contributed by atoms with Gasteiger partial charge in [-0.3, -0.25) is 4.40 Å². The molecular formula is C21H23N7O. The first-order valence-corrected chi connectivity index (χ1v) is 9.81. The highest BCUT2D eigenvalue weighted by Gasteiger charge is 2.33. The Labute approximate surface area is 167 Å². The molecule has 4 aromatic rings. The number of rotatable bonds is 2. The molecule has 0 bridgehead atoms. The first-order chi connectivity index (χ1) is 14.1. The summed E-state index contributed by atoms with van der Waals surface area (Å²) >= 11 is 0. The standard InChI is InChI=1S/C21H23N7O/c1-13-6-8-27(21(29)26-15-4-2-3-14(22)9-15)12-17(13)20-25-11-16-10-24-19-18(28(16)20)5-7-23-19/h2-5,7,9-11,13,17,23H,6,8,12,22H2,1H3,(H,26,29)/t13-,17+/m1/s1. The zero-order valence-electron chi connectivity index (χ0n) is 16.2. The summed E-state index contributed by atoms with van der Waals surface area (Å²) in [6, 6.07) is 9.14. The molecule has 1 aliphatic rings. The molecule has 0 saturated carbocycles. The molecule has 2 atom stereocenters. The quantitative estimate of drug-likeness (QED) is 0.457. The second-order valence-corrected chi connectivity index (χ2v) is 7.72. The number of nitrogens with one attached hydrogen (secondary N) is 2. The van der Waals surface area contributed by atoms with Gasteiger partial charge in [-0.1, -0.05) is 13.0 Å². The zero-order valence-corrected chi connectivity index (χ0v) is 16.2. The molecule has 1 aliphatic heterocycles. The summed E-state index contributed by atoms with van der Waals surface area (Å²) in [5, 5.41) is 2.96. The maximum absolute atomic E-state index is 12.9. The Bertz CT molecular complexity index is 1190. The first kappa shape index (κ1) is 17.5. The maximum Gasteiger partial charge on any atom is 0.321 e. The number of nitrogens with zero attached hydrogens (tertiary/aromatic N) is 4.